The lowest BCUT2D eigenvalue weighted by molar-refractivity contribution is 0.533. The molecule has 0 spiro atoms. The highest BCUT2D eigenvalue weighted by molar-refractivity contribution is 5.45. The molecule has 2 atom stereocenters. The van der Waals surface area contributed by atoms with Crippen LogP contribution >= 0.6 is 0 Å². The van der Waals surface area contributed by atoms with Gasteiger partial charge in [0.15, 0.2) is 5.82 Å². The van der Waals surface area contributed by atoms with Crippen molar-refractivity contribution in [1.29, 1.82) is 0 Å². The van der Waals surface area contributed by atoms with Gasteiger partial charge in [0.25, 0.3) is 5.56 Å². The second-order valence-electron chi connectivity index (χ2n) is 8.51. The maximum absolute atomic E-state index is 12.3. The summed E-state index contributed by atoms with van der Waals surface area (Å²) in [5.74, 6) is 2.66. The first-order valence-corrected chi connectivity index (χ1v) is 9.17. The van der Waals surface area contributed by atoms with Gasteiger partial charge in [0.2, 0.25) is 0 Å². The zero-order valence-corrected chi connectivity index (χ0v) is 15.9. The Labute approximate surface area is 153 Å². The van der Waals surface area contributed by atoms with E-state index in [1.807, 2.05) is 0 Å². The third kappa shape index (κ3) is 2.95. The molecule has 0 radical (unpaired) electrons. The Hall–Kier alpha value is -2.44. The Morgan fingerprint density at radius 1 is 1.00 bits per heavy atom. The molecule has 2 fully saturated rings. The van der Waals surface area contributed by atoms with Crippen LogP contribution in [0.1, 0.15) is 26.5 Å². The fourth-order valence-electron chi connectivity index (χ4n) is 3.98. The second-order valence-corrected chi connectivity index (χ2v) is 8.51. The summed E-state index contributed by atoms with van der Waals surface area (Å²) in [5, 5.41) is 0. The van der Waals surface area contributed by atoms with Crippen molar-refractivity contribution < 1.29 is 0 Å². The SMILES string of the molecule is Cn1ccnc(N2CC3CN(c4cc(C(C)(C)C)ncn4)CC3C2)c1=O. The van der Waals surface area contributed by atoms with Crippen LogP contribution in [0.25, 0.3) is 0 Å². The quantitative estimate of drug-likeness (QED) is 0.813. The number of fused-ring (bicyclic) bond motifs is 1. The molecule has 7 nitrogen and oxygen atoms in total. The van der Waals surface area contributed by atoms with Crippen LogP contribution in [0.3, 0.4) is 0 Å². The Morgan fingerprint density at radius 2 is 1.65 bits per heavy atom. The highest BCUT2D eigenvalue weighted by Crippen LogP contribution is 2.35. The van der Waals surface area contributed by atoms with Crippen molar-refractivity contribution in [3.63, 3.8) is 0 Å². The first-order chi connectivity index (χ1) is 12.3. The molecule has 2 unspecified atom stereocenters. The van der Waals surface area contributed by atoms with Crippen molar-refractivity contribution in [1.82, 2.24) is 19.5 Å². The van der Waals surface area contributed by atoms with Gasteiger partial charge in [0.1, 0.15) is 12.1 Å². The van der Waals surface area contributed by atoms with E-state index >= 15 is 0 Å². The van der Waals surface area contributed by atoms with Crippen LogP contribution in [0.2, 0.25) is 0 Å². The molecular weight excluding hydrogens is 328 g/mol. The molecule has 26 heavy (non-hydrogen) atoms. The summed E-state index contributed by atoms with van der Waals surface area (Å²) in [6, 6.07) is 2.12. The Balaban J connectivity index is 1.49. The van der Waals surface area contributed by atoms with E-state index < -0.39 is 0 Å². The van der Waals surface area contributed by atoms with Crippen LogP contribution in [-0.4, -0.2) is 45.7 Å². The lowest BCUT2D eigenvalue weighted by Crippen LogP contribution is -2.34. The van der Waals surface area contributed by atoms with E-state index in [1.54, 1.807) is 30.3 Å². The summed E-state index contributed by atoms with van der Waals surface area (Å²) in [7, 11) is 1.77. The third-order valence-electron chi connectivity index (χ3n) is 5.53. The molecule has 0 aromatic carbocycles. The van der Waals surface area contributed by atoms with Crippen molar-refractivity contribution in [3.8, 4) is 0 Å². The number of aryl methyl sites for hydroxylation is 1. The minimum atomic E-state index is -0.0186. The van der Waals surface area contributed by atoms with Crippen LogP contribution in [0.15, 0.2) is 29.6 Å². The van der Waals surface area contributed by atoms with Crippen LogP contribution < -0.4 is 15.4 Å². The van der Waals surface area contributed by atoms with E-state index in [0.717, 1.165) is 37.7 Å². The lowest BCUT2D eigenvalue weighted by Gasteiger charge is -2.24. The Bertz CT molecular complexity index is 857. The van der Waals surface area contributed by atoms with Crippen LogP contribution in [0, 0.1) is 11.8 Å². The highest BCUT2D eigenvalue weighted by Gasteiger charge is 2.41. The summed E-state index contributed by atoms with van der Waals surface area (Å²) in [4.78, 5) is 30.1. The van der Waals surface area contributed by atoms with Gasteiger partial charge in [-0.25, -0.2) is 15.0 Å². The Kier molecular flexibility index (Phi) is 3.97. The summed E-state index contributed by atoms with van der Waals surface area (Å²) in [6.45, 7) is 10.2. The van der Waals surface area contributed by atoms with E-state index in [9.17, 15) is 4.79 Å². The van der Waals surface area contributed by atoms with Gasteiger partial charge in [-0.1, -0.05) is 20.8 Å². The van der Waals surface area contributed by atoms with Gasteiger partial charge in [-0.2, -0.15) is 0 Å². The van der Waals surface area contributed by atoms with Gasteiger partial charge in [0.05, 0.1) is 5.69 Å². The van der Waals surface area contributed by atoms with Gasteiger partial charge in [0, 0.05) is 68.9 Å². The first kappa shape index (κ1) is 17.0. The molecule has 0 saturated carbocycles. The van der Waals surface area contributed by atoms with Crippen molar-refractivity contribution in [2.45, 2.75) is 26.2 Å². The van der Waals surface area contributed by atoms with Crippen molar-refractivity contribution in [2.24, 2.45) is 18.9 Å². The number of hydrogen-bond donors (Lipinski definition) is 0. The summed E-state index contributed by atoms with van der Waals surface area (Å²) in [5.41, 5.74) is 1.07. The fourth-order valence-corrected chi connectivity index (χ4v) is 3.98. The predicted octanol–water partition coefficient (Wildman–Crippen LogP) is 1.44. The molecule has 0 bridgehead atoms. The van der Waals surface area contributed by atoms with Gasteiger partial charge in [-0.05, 0) is 0 Å². The number of nitrogens with zero attached hydrogens (tertiary/aromatic N) is 6. The molecule has 2 aromatic heterocycles. The average molecular weight is 354 g/mol. The molecule has 0 amide bonds. The van der Waals surface area contributed by atoms with E-state index in [0.29, 0.717) is 17.7 Å². The summed E-state index contributed by atoms with van der Waals surface area (Å²) in [6.07, 6.45) is 5.08. The van der Waals surface area contributed by atoms with Crippen LogP contribution in [0.4, 0.5) is 11.6 Å². The zero-order chi connectivity index (χ0) is 18.5. The Morgan fingerprint density at radius 3 is 2.31 bits per heavy atom. The zero-order valence-electron chi connectivity index (χ0n) is 15.9. The van der Waals surface area contributed by atoms with Crippen molar-refractivity contribution in [3.05, 3.63) is 40.8 Å². The van der Waals surface area contributed by atoms with E-state index in [2.05, 4.69) is 51.6 Å². The third-order valence-corrected chi connectivity index (χ3v) is 5.53. The van der Waals surface area contributed by atoms with Gasteiger partial charge >= 0.3 is 0 Å². The molecule has 2 aliphatic heterocycles. The fraction of sp³-hybridized carbons (Fsp3) is 0.579. The number of aromatic nitrogens is 4. The van der Waals surface area contributed by atoms with Gasteiger partial charge in [-0.3, -0.25) is 4.79 Å². The predicted molar refractivity (Wildman–Crippen MR) is 102 cm³/mol. The smallest absolute Gasteiger partial charge is 0.293 e. The molecule has 0 aliphatic carbocycles. The second kappa shape index (κ2) is 6.07. The molecular formula is C19H26N6O. The van der Waals surface area contributed by atoms with Gasteiger partial charge in [-0.15, -0.1) is 0 Å². The molecule has 138 valence electrons. The maximum Gasteiger partial charge on any atom is 0.293 e. The standard InChI is InChI=1S/C19H26N6O/c1-19(2,3)15-7-16(22-12-21-15)24-8-13-10-25(11-14(13)9-24)17-18(26)23(4)6-5-20-17/h5-7,12-14H,8-11H2,1-4H3. The lowest BCUT2D eigenvalue weighted by atomic mass is 9.92. The number of hydrogen-bond acceptors (Lipinski definition) is 6. The normalized spacial score (nSPS) is 22.8. The van der Waals surface area contributed by atoms with Crippen molar-refractivity contribution >= 4 is 11.6 Å². The van der Waals surface area contributed by atoms with E-state index in [-0.39, 0.29) is 11.0 Å². The molecule has 2 aromatic rings. The summed E-state index contributed by atoms with van der Waals surface area (Å²) >= 11 is 0. The minimum absolute atomic E-state index is 0.0170. The molecule has 0 N–H and O–H groups in total. The van der Waals surface area contributed by atoms with E-state index in [1.165, 1.54) is 0 Å². The largest absolute Gasteiger partial charge is 0.356 e. The average Bonchev–Trinajstić information content (AvgIpc) is 3.15. The van der Waals surface area contributed by atoms with Gasteiger partial charge < -0.3 is 14.4 Å². The van der Waals surface area contributed by atoms with Crippen molar-refractivity contribution in [2.75, 3.05) is 36.0 Å². The van der Waals surface area contributed by atoms with Crippen LogP contribution in [-0.2, 0) is 12.5 Å². The molecule has 4 rings (SSSR count). The first-order valence-electron chi connectivity index (χ1n) is 9.17. The molecule has 7 heteroatoms. The molecule has 2 aliphatic rings. The summed E-state index contributed by atoms with van der Waals surface area (Å²) < 4.78 is 1.59. The molecule has 4 heterocycles. The maximum atomic E-state index is 12.3. The number of anilines is 2. The van der Waals surface area contributed by atoms with E-state index in [4.69, 9.17) is 0 Å². The molecule has 2 saturated heterocycles. The number of rotatable bonds is 2. The minimum Gasteiger partial charge on any atom is -0.356 e. The van der Waals surface area contributed by atoms with Crippen LogP contribution in [0.5, 0.6) is 0 Å². The monoisotopic (exact) mass is 354 g/mol. The topological polar surface area (TPSA) is 67.2 Å². The highest BCUT2D eigenvalue weighted by atomic mass is 16.1.